The molecule has 0 radical (unpaired) electrons. The maximum Gasteiger partial charge on any atom is 0.202 e. The summed E-state index contributed by atoms with van der Waals surface area (Å²) in [5, 5.41) is 53.8. The Labute approximate surface area is 234 Å². The fourth-order valence-corrected chi connectivity index (χ4v) is 5.65. The van der Waals surface area contributed by atoms with Gasteiger partial charge in [0.05, 0.1) is 29.9 Å². The normalized spacial score (nSPS) is 29.1. The van der Waals surface area contributed by atoms with Crippen LogP contribution in [0.3, 0.4) is 0 Å². The fourth-order valence-electron chi connectivity index (χ4n) is 5.65. The van der Waals surface area contributed by atoms with Crippen molar-refractivity contribution in [3.63, 3.8) is 0 Å². The molecule has 5 rings (SSSR count). The van der Waals surface area contributed by atoms with Crippen LogP contribution in [0.15, 0.2) is 18.2 Å². The largest absolute Gasteiger partial charge is 0.507 e. The van der Waals surface area contributed by atoms with Gasteiger partial charge in [0.15, 0.2) is 24.1 Å². The Kier molecular flexibility index (Phi) is 8.00. The number of aliphatic hydroxyl groups is 3. The van der Waals surface area contributed by atoms with Crippen LogP contribution in [0.2, 0.25) is 0 Å². The van der Waals surface area contributed by atoms with Crippen LogP contribution in [0.1, 0.15) is 68.8 Å². The quantitative estimate of drug-likeness (QED) is 0.230. The molecule has 0 bridgehead atoms. The van der Waals surface area contributed by atoms with Crippen molar-refractivity contribution < 1.29 is 54.1 Å². The number of rotatable bonds is 5. The standard InChI is InChI=1S/C27H29NO11.ClH/c1-10-13(28)6-17(39-26(10)35)38-15-8-27(36,16(30)9-29)7-12-19(15)25(34)21-20(23(12)32)22(31)11-4-3-5-14(37-2)18(11)24(21)33;/h3-5,10,13,15,17,26,29,32,34-36H,6-9,28H2,1-2H3;1H. The Morgan fingerprint density at radius 2 is 1.82 bits per heavy atom. The number of ketones is 3. The van der Waals surface area contributed by atoms with Gasteiger partial charge >= 0.3 is 0 Å². The maximum atomic E-state index is 13.6. The molecular weight excluding hydrogens is 550 g/mol. The van der Waals surface area contributed by atoms with E-state index < -0.39 is 95.7 Å². The van der Waals surface area contributed by atoms with Crippen LogP contribution < -0.4 is 10.5 Å². The molecule has 2 aromatic carbocycles. The summed E-state index contributed by atoms with van der Waals surface area (Å²) >= 11 is 0. The van der Waals surface area contributed by atoms with Gasteiger partial charge in [0.2, 0.25) is 5.78 Å². The highest BCUT2D eigenvalue weighted by atomic mass is 35.5. The lowest BCUT2D eigenvalue weighted by Gasteiger charge is -2.42. The second-order valence-electron chi connectivity index (χ2n) is 10.2. The lowest BCUT2D eigenvalue weighted by atomic mass is 9.72. The summed E-state index contributed by atoms with van der Waals surface area (Å²) < 4.78 is 16.7. The van der Waals surface area contributed by atoms with Crippen molar-refractivity contribution >= 4 is 29.8 Å². The number of methoxy groups -OCH3 is 1. The van der Waals surface area contributed by atoms with Crippen LogP contribution in [0.25, 0.3) is 0 Å². The molecule has 0 spiro atoms. The van der Waals surface area contributed by atoms with E-state index >= 15 is 0 Å². The van der Waals surface area contributed by atoms with Crippen LogP contribution >= 0.6 is 12.4 Å². The van der Waals surface area contributed by atoms with Crippen molar-refractivity contribution in [3.8, 4) is 17.2 Å². The number of aliphatic hydroxyl groups excluding tert-OH is 2. The fraction of sp³-hybridized carbons (Fsp3) is 0.444. The number of benzene rings is 2. The van der Waals surface area contributed by atoms with E-state index in [1.807, 2.05) is 0 Å². The predicted octanol–water partition coefficient (Wildman–Crippen LogP) is 0.628. The van der Waals surface area contributed by atoms with Gasteiger partial charge in [0, 0.05) is 47.9 Å². The summed E-state index contributed by atoms with van der Waals surface area (Å²) in [7, 11) is 1.32. The van der Waals surface area contributed by atoms with E-state index in [2.05, 4.69) is 0 Å². The van der Waals surface area contributed by atoms with Gasteiger partial charge < -0.3 is 45.5 Å². The van der Waals surface area contributed by atoms with Gasteiger partial charge in [0.25, 0.3) is 0 Å². The highest BCUT2D eigenvalue weighted by molar-refractivity contribution is 6.31. The molecule has 13 heteroatoms. The monoisotopic (exact) mass is 579 g/mol. The van der Waals surface area contributed by atoms with Crippen LogP contribution in [-0.2, 0) is 20.7 Å². The molecule has 0 aromatic heterocycles. The number of phenolic OH excluding ortho intramolecular Hbond substituents is 2. The molecule has 2 aliphatic carbocycles. The summed E-state index contributed by atoms with van der Waals surface area (Å²) in [6.45, 7) is 0.660. The topological polar surface area (TPSA) is 206 Å². The highest BCUT2D eigenvalue weighted by Gasteiger charge is 2.50. The van der Waals surface area contributed by atoms with E-state index in [4.69, 9.17) is 19.9 Å². The predicted molar refractivity (Wildman–Crippen MR) is 139 cm³/mol. The van der Waals surface area contributed by atoms with E-state index in [9.17, 15) is 39.9 Å². The van der Waals surface area contributed by atoms with Crippen molar-refractivity contribution in [2.45, 2.75) is 56.5 Å². The zero-order chi connectivity index (χ0) is 28.4. The summed E-state index contributed by atoms with van der Waals surface area (Å²) in [5.41, 5.74) is 2.39. The van der Waals surface area contributed by atoms with E-state index in [-0.39, 0.29) is 46.8 Å². The third-order valence-corrected chi connectivity index (χ3v) is 7.94. The minimum absolute atomic E-state index is 0. The number of phenols is 2. The number of carbonyl (C=O) groups is 3. The molecule has 3 aliphatic rings. The molecule has 6 unspecified atom stereocenters. The molecule has 12 nitrogen and oxygen atoms in total. The molecule has 40 heavy (non-hydrogen) atoms. The molecule has 0 amide bonds. The first-order valence-corrected chi connectivity index (χ1v) is 12.4. The van der Waals surface area contributed by atoms with Crippen molar-refractivity contribution in [2.75, 3.05) is 13.7 Å². The van der Waals surface area contributed by atoms with Crippen molar-refractivity contribution in [2.24, 2.45) is 11.7 Å². The summed E-state index contributed by atoms with van der Waals surface area (Å²) in [5.74, 6) is -4.24. The van der Waals surface area contributed by atoms with Gasteiger partial charge in [-0.3, -0.25) is 14.4 Å². The molecule has 0 saturated carbocycles. The SMILES string of the molecule is COc1cccc2c1C(=O)c1c(O)c3c(c(O)c1C2=O)CC(O)(C(=O)CO)CC3OC1CC(N)C(C)C(O)O1.Cl. The molecule has 2 aromatic rings. The number of fused-ring (bicyclic) bond motifs is 3. The Morgan fingerprint density at radius 3 is 2.45 bits per heavy atom. The molecule has 216 valence electrons. The molecule has 6 atom stereocenters. The maximum absolute atomic E-state index is 13.6. The van der Waals surface area contributed by atoms with Crippen LogP contribution in [0.5, 0.6) is 17.2 Å². The smallest absolute Gasteiger partial charge is 0.202 e. The summed E-state index contributed by atoms with van der Waals surface area (Å²) in [4.78, 5) is 39.7. The first-order chi connectivity index (χ1) is 18.4. The first-order valence-electron chi connectivity index (χ1n) is 12.4. The number of hydrogen-bond acceptors (Lipinski definition) is 12. The molecule has 1 fully saturated rings. The molecular formula is C27H30ClNO11. The average molecular weight is 580 g/mol. The highest BCUT2D eigenvalue weighted by Crippen LogP contribution is 2.52. The van der Waals surface area contributed by atoms with Gasteiger partial charge in [-0.25, -0.2) is 0 Å². The van der Waals surface area contributed by atoms with E-state index in [0.29, 0.717) is 0 Å². The van der Waals surface area contributed by atoms with Crippen molar-refractivity contribution in [1.82, 2.24) is 0 Å². The Hall–Kier alpha value is -3.10. The number of aromatic hydroxyl groups is 2. The number of nitrogens with two attached hydrogens (primary N) is 1. The minimum atomic E-state index is -2.25. The van der Waals surface area contributed by atoms with Gasteiger partial charge in [0.1, 0.15) is 29.5 Å². The molecule has 1 aliphatic heterocycles. The molecule has 7 N–H and O–H groups in total. The Morgan fingerprint density at radius 1 is 1.15 bits per heavy atom. The summed E-state index contributed by atoms with van der Waals surface area (Å²) in [6, 6.07) is 3.82. The Bertz CT molecular complexity index is 1380. The summed E-state index contributed by atoms with van der Waals surface area (Å²) in [6.07, 6.45) is -4.76. The Balaban J connectivity index is 0.00000370. The molecule has 1 saturated heterocycles. The second kappa shape index (κ2) is 10.7. The first kappa shape index (κ1) is 29.9. The van der Waals surface area contributed by atoms with Gasteiger partial charge in [-0.05, 0) is 6.07 Å². The van der Waals surface area contributed by atoms with E-state index in [0.717, 1.165) is 0 Å². The third-order valence-electron chi connectivity index (χ3n) is 7.94. The van der Waals surface area contributed by atoms with E-state index in [1.165, 1.54) is 25.3 Å². The van der Waals surface area contributed by atoms with Crippen molar-refractivity contribution in [1.29, 1.82) is 0 Å². The third kappa shape index (κ3) is 4.45. The number of ether oxygens (including phenoxy) is 3. The van der Waals surface area contributed by atoms with E-state index in [1.54, 1.807) is 6.92 Å². The van der Waals surface area contributed by atoms with Crippen LogP contribution in [0, 0.1) is 5.92 Å². The number of halogens is 1. The van der Waals surface area contributed by atoms with Crippen LogP contribution in [-0.4, -0.2) is 80.8 Å². The van der Waals surface area contributed by atoms with Gasteiger partial charge in [-0.15, -0.1) is 12.4 Å². The second-order valence-corrected chi connectivity index (χ2v) is 10.2. The van der Waals surface area contributed by atoms with Gasteiger partial charge in [-0.2, -0.15) is 0 Å². The average Bonchev–Trinajstić information content (AvgIpc) is 2.90. The zero-order valence-corrected chi connectivity index (χ0v) is 22.4. The lowest BCUT2D eigenvalue weighted by molar-refractivity contribution is -0.289. The lowest BCUT2D eigenvalue weighted by Crippen LogP contribution is -2.50. The number of carbonyl (C=O) groups excluding carboxylic acids is 3. The number of hydrogen-bond donors (Lipinski definition) is 6. The van der Waals surface area contributed by atoms with Crippen molar-refractivity contribution in [3.05, 3.63) is 51.6 Å². The molecule has 1 heterocycles. The number of Topliss-reactive ketones (excluding diaryl/α,β-unsaturated/α-hetero) is 1. The zero-order valence-electron chi connectivity index (χ0n) is 21.6. The van der Waals surface area contributed by atoms with Crippen LogP contribution in [0.4, 0.5) is 0 Å². The minimum Gasteiger partial charge on any atom is -0.507 e. The van der Waals surface area contributed by atoms with Gasteiger partial charge in [-0.1, -0.05) is 19.1 Å².